The van der Waals surface area contributed by atoms with Crippen molar-refractivity contribution in [3.8, 4) is 5.75 Å². The first kappa shape index (κ1) is 33.7. The summed E-state index contributed by atoms with van der Waals surface area (Å²) >= 11 is 0. The van der Waals surface area contributed by atoms with Gasteiger partial charge in [-0.15, -0.1) is 0 Å². The van der Waals surface area contributed by atoms with E-state index in [1.165, 1.54) is 82.2 Å². The molecule has 1 aromatic heterocycles. The van der Waals surface area contributed by atoms with Crippen molar-refractivity contribution in [1.29, 1.82) is 0 Å². The van der Waals surface area contributed by atoms with Gasteiger partial charge in [-0.05, 0) is 30.5 Å². The first-order valence-electron chi connectivity index (χ1n) is 15.7. The maximum absolute atomic E-state index is 12.8. The molecule has 0 spiro atoms. The average Bonchev–Trinajstić information content (AvgIpc) is 3.21. The van der Waals surface area contributed by atoms with Gasteiger partial charge < -0.3 is 14.1 Å². The van der Waals surface area contributed by atoms with Crippen molar-refractivity contribution in [2.45, 2.75) is 110 Å². The fraction of sp³-hybridized carbons (Fsp3) is 0.636. The van der Waals surface area contributed by atoms with Gasteiger partial charge in [0.2, 0.25) is 17.1 Å². The van der Waals surface area contributed by atoms with Crippen LogP contribution in [0.3, 0.4) is 0 Å². The highest BCUT2D eigenvalue weighted by Crippen LogP contribution is 2.29. The molecule has 2 aromatic rings. The quantitative estimate of drug-likeness (QED) is 0.174. The molecule has 2 heterocycles. The number of unbranched alkanes of at least 4 members (excludes halogenated alkanes) is 10. The van der Waals surface area contributed by atoms with Gasteiger partial charge in [0.1, 0.15) is 18.6 Å². The minimum Gasteiger partial charge on any atom is -0.482 e. The lowest BCUT2D eigenvalue weighted by Crippen LogP contribution is -2.35. The van der Waals surface area contributed by atoms with Crippen LogP contribution in [-0.2, 0) is 24.1 Å². The Hall–Kier alpha value is -2.81. The Morgan fingerprint density at radius 2 is 1.52 bits per heavy atom. The van der Waals surface area contributed by atoms with Crippen LogP contribution in [-0.4, -0.2) is 41.9 Å². The molecule has 1 aliphatic rings. The Labute approximate surface area is 248 Å². The van der Waals surface area contributed by atoms with Crippen molar-refractivity contribution in [3.05, 3.63) is 63.7 Å². The number of rotatable bonds is 17. The third-order valence-corrected chi connectivity index (χ3v) is 7.84. The molecule has 0 atom stereocenters. The Balaban J connectivity index is 1.32. The second kappa shape index (κ2) is 18.0. The lowest BCUT2D eigenvalue weighted by atomic mass is 10.1. The lowest BCUT2D eigenvalue weighted by Gasteiger charge is -2.21. The van der Waals surface area contributed by atoms with Gasteiger partial charge in [0.05, 0.1) is 12.1 Å². The maximum atomic E-state index is 12.8. The number of hydrogen-bond donors (Lipinski definition) is 0. The van der Waals surface area contributed by atoms with Gasteiger partial charge in [-0.25, -0.2) is 0 Å². The van der Waals surface area contributed by atoms with E-state index < -0.39 is 11.7 Å². The molecule has 0 saturated carbocycles. The molecule has 234 valence electrons. The number of benzene rings is 1. The summed E-state index contributed by atoms with van der Waals surface area (Å²) in [7, 11) is 0. The van der Waals surface area contributed by atoms with E-state index in [9.17, 15) is 22.8 Å². The molecule has 0 unspecified atom stereocenters. The van der Waals surface area contributed by atoms with Gasteiger partial charge in [0.25, 0.3) is 0 Å². The Bertz CT molecular complexity index is 1120. The van der Waals surface area contributed by atoms with Crippen molar-refractivity contribution in [3.63, 3.8) is 0 Å². The molecule has 0 aliphatic carbocycles. The molecule has 0 bridgehead atoms. The summed E-state index contributed by atoms with van der Waals surface area (Å²) < 4.78 is 49.3. The predicted octanol–water partition coefficient (Wildman–Crippen LogP) is 7.97. The highest BCUT2D eigenvalue weighted by Gasteiger charge is 2.30. The van der Waals surface area contributed by atoms with Gasteiger partial charge in [-0.3, -0.25) is 14.5 Å². The molecule has 6 nitrogen and oxygen atoms in total. The number of hydrogen-bond acceptors (Lipinski definition) is 5. The van der Waals surface area contributed by atoms with Crippen LogP contribution in [0.25, 0.3) is 0 Å². The van der Waals surface area contributed by atoms with Crippen molar-refractivity contribution in [2.24, 2.45) is 0 Å². The molecular formula is C33H47F3N2O4. The van der Waals surface area contributed by atoms with Crippen LogP contribution in [0.1, 0.15) is 107 Å². The van der Waals surface area contributed by atoms with Gasteiger partial charge in [0.15, 0.2) is 0 Å². The van der Waals surface area contributed by atoms with E-state index in [0.717, 1.165) is 44.5 Å². The third-order valence-electron chi connectivity index (χ3n) is 7.84. The van der Waals surface area contributed by atoms with Crippen molar-refractivity contribution < 1.29 is 27.1 Å². The number of carbonyl (C=O) groups excluding carboxylic acids is 1. The standard InChI is InChI=1S/C33H47F3N2O4/c1-2-3-4-5-6-7-8-9-10-11-12-14-32(40)38-20-13-19-37(21-22-38)24-29-23-30(39)31(26-41-29)42-25-27-15-17-28(18-16-27)33(34,35)36/h15-18,23,26H,2-14,19-22,24-25H2,1H3. The van der Waals surface area contributed by atoms with E-state index in [-0.39, 0.29) is 23.7 Å². The average molecular weight is 593 g/mol. The molecule has 1 amide bonds. The second-order valence-corrected chi connectivity index (χ2v) is 11.4. The Morgan fingerprint density at radius 1 is 0.881 bits per heavy atom. The van der Waals surface area contributed by atoms with Crippen LogP contribution in [0.5, 0.6) is 5.75 Å². The normalized spacial score (nSPS) is 14.6. The van der Waals surface area contributed by atoms with E-state index >= 15 is 0 Å². The maximum Gasteiger partial charge on any atom is 0.416 e. The van der Waals surface area contributed by atoms with Crippen molar-refractivity contribution in [2.75, 3.05) is 26.2 Å². The monoisotopic (exact) mass is 592 g/mol. The van der Waals surface area contributed by atoms with Crippen LogP contribution in [0.2, 0.25) is 0 Å². The number of alkyl halides is 3. The number of amides is 1. The molecule has 1 fully saturated rings. The fourth-order valence-corrected chi connectivity index (χ4v) is 5.28. The summed E-state index contributed by atoms with van der Waals surface area (Å²) in [5, 5.41) is 0. The van der Waals surface area contributed by atoms with Crippen molar-refractivity contribution in [1.82, 2.24) is 9.80 Å². The number of ether oxygens (including phenoxy) is 1. The minimum atomic E-state index is -4.40. The third kappa shape index (κ3) is 12.2. The molecule has 9 heteroatoms. The van der Waals surface area contributed by atoms with E-state index in [2.05, 4.69) is 11.8 Å². The topological polar surface area (TPSA) is 63.0 Å². The van der Waals surface area contributed by atoms with Gasteiger partial charge in [-0.1, -0.05) is 83.3 Å². The zero-order valence-electron chi connectivity index (χ0n) is 25.1. The zero-order chi connectivity index (χ0) is 30.2. The molecule has 1 saturated heterocycles. The number of nitrogens with zero attached hydrogens (tertiary/aromatic N) is 2. The predicted molar refractivity (Wildman–Crippen MR) is 158 cm³/mol. The summed E-state index contributed by atoms with van der Waals surface area (Å²) in [4.78, 5) is 29.4. The molecule has 42 heavy (non-hydrogen) atoms. The van der Waals surface area contributed by atoms with Gasteiger partial charge >= 0.3 is 6.18 Å². The highest BCUT2D eigenvalue weighted by atomic mass is 19.4. The van der Waals surface area contributed by atoms with Gasteiger partial charge in [-0.2, -0.15) is 13.2 Å². The van der Waals surface area contributed by atoms with Crippen LogP contribution in [0.15, 0.2) is 45.8 Å². The molecular weight excluding hydrogens is 545 g/mol. The first-order chi connectivity index (χ1) is 20.3. The summed E-state index contributed by atoms with van der Waals surface area (Å²) in [6.45, 7) is 5.57. The molecule has 3 rings (SSSR count). The molecule has 0 radical (unpaired) electrons. The van der Waals surface area contributed by atoms with Gasteiger partial charge in [0, 0.05) is 38.7 Å². The van der Waals surface area contributed by atoms with Crippen molar-refractivity contribution >= 4 is 5.91 Å². The summed E-state index contributed by atoms with van der Waals surface area (Å²) in [6.07, 6.45) is 12.2. The number of halogens is 3. The molecule has 0 N–H and O–H groups in total. The second-order valence-electron chi connectivity index (χ2n) is 11.4. The van der Waals surface area contributed by atoms with Crippen LogP contribution in [0.4, 0.5) is 13.2 Å². The fourth-order valence-electron chi connectivity index (χ4n) is 5.28. The SMILES string of the molecule is CCCCCCCCCCCCCC(=O)N1CCCN(Cc2cc(=O)c(OCc3ccc(C(F)(F)F)cc3)co2)CC1. The minimum absolute atomic E-state index is 0.00805. The van der Waals surface area contributed by atoms with E-state index in [4.69, 9.17) is 9.15 Å². The molecule has 1 aromatic carbocycles. The largest absolute Gasteiger partial charge is 0.482 e. The lowest BCUT2D eigenvalue weighted by molar-refractivity contribution is -0.137. The van der Waals surface area contributed by atoms with Crippen LogP contribution >= 0.6 is 0 Å². The summed E-state index contributed by atoms with van der Waals surface area (Å²) in [5.41, 5.74) is -0.569. The molecule has 1 aliphatic heterocycles. The zero-order valence-corrected chi connectivity index (χ0v) is 25.1. The highest BCUT2D eigenvalue weighted by molar-refractivity contribution is 5.76. The first-order valence-corrected chi connectivity index (χ1v) is 15.7. The van der Waals surface area contributed by atoms with Crippen LogP contribution < -0.4 is 10.2 Å². The van der Waals surface area contributed by atoms with E-state index in [0.29, 0.717) is 37.4 Å². The van der Waals surface area contributed by atoms with E-state index in [1.807, 2.05) is 4.90 Å². The summed E-state index contributed by atoms with van der Waals surface area (Å²) in [5.74, 6) is 0.741. The Kier molecular flexibility index (Phi) is 14.4. The summed E-state index contributed by atoms with van der Waals surface area (Å²) in [6, 6.07) is 6.01. The smallest absolute Gasteiger partial charge is 0.416 e. The number of carbonyl (C=O) groups is 1. The van der Waals surface area contributed by atoms with E-state index in [1.54, 1.807) is 0 Å². The Morgan fingerprint density at radius 3 is 2.14 bits per heavy atom. The van der Waals surface area contributed by atoms with Crippen LogP contribution in [0, 0.1) is 0 Å².